The molecular formula is C30H31FN6O6S2. The number of fused-ring (bicyclic) bond motifs is 1. The van der Waals surface area contributed by atoms with Crippen LogP contribution in [-0.4, -0.2) is 64.3 Å². The Morgan fingerprint density at radius 2 is 1.78 bits per heavy atom. The molecule has 0 aliphatic carbocycles. The molecule has 1 aromatic heterocycles. The summed E-state index contributed by atoms with van der Waals surface area (Å²) in [6, 6.07) is 16.7. The minimum absolute atomic E-state index is 0.0598. The fourth-order valence-corrected chi connectivity index (χ4v) is 6.69. The van der Waals surface area contributed by atoms with Crippen LogP contribution in [0.15, 0.2) is 71.6 Å². The molecule has 45 heavy (non-hydrogen) atoms. The lowest BCUT2D eigenvalue weighted by molar-refractivity contribution is -0.120. The van der Waals surface area contributed by atoms with Crippen molar-refractivity contribution in [3.8, 4) is 22.9 Å². The highest BCUT2D eigenvalue weighted by atomic mass is 32.2. The fourth-order valence-electron chi connectivity index (χ4n) is 4.66. The van der Waals surface area contributed by atoms with Crippen molar-refractivity contribution in [1.29, 1.82) is 0 Å². The van der Waals surface area contributed by atoms with Crippen LogP contribution in [0.4, 0.5) is 14.9 Å². The molecule has 0 unspecified atom stereocenters. The van der Waals surface area contributed by atoms with Gasteiger partial charge in [0, 0.05) is 0 Å². The monoisotopic (exact) mass is 654 g/mol. The smallest absolute Gasteiger partial charge is 0.408 e. The van der Waals surface area contributed by atoms with Crippen molar-refractivity contribution in [2.24, 2.45) is 0 Å². The third-order valence-electron chi connectivity index (χ3n) is 6.58. The normalized spacial score (nSPS) is 16.1. The maximum atomic E-state index is 15.6. The molecule has 0 bridgehead atoms. The summed E-state index contributed by atoms with van der Waals surface area (Å²) in [4.78, 5) is 27.6. The number of hydrogen-bond acceptors (Lipinski definition) is 10. The highest BCUT2D eigenvalue weighted by molar-refractivity contribution is 7.97. The van der Waals surface area contributed by atoms with Crippen LogP contribution in [0.5, 0.6) is 11.5 Å². The second-order valence-electron chi connectivity index (χ2n) is 11.2. The Hall–Kier alpha value is -4.50. The number of carbonyl (C=O) groups is 2. The predicted octanol–water partition coefficient (Wildman–Crippen LogP) is 4.81. The zero-order valence-corrected chi connectivity index (χ0v) is 26.6. The second-order valence-corrected chi connectivity index (χ2v) is 14.0. The van der Waals surface area contributed by atoms with E-state index in [1.54, 1.807) is 45.0 Å². The van der Waals surface area contributed by atoms with E-state index in [4.69, 9.17) is 9.47 Å². The number of tetrazole rings is 1. The zero-order valence-electron chi connectivity index (χ0n) is 24.9. The summed E-state index contributed by atoms with van der Waals surface area (Å²) in [6.45, 7) is 4.81. The Morgan fingerprint density at radius 3 is 2.44 bits per heavy atom. The number of anilines is 1. The number of nitrogens with zero attached hydrogens (tertiary/aromatic N) is 5. The molecule has 1 atom stereocenters. The van der Waals surface area contributed by atoms with Crippen LogP contribution in [0.1, 0.15) is 26.3 Å². The fraction of sp³-hybridized carbons (Fsp3) is 0.300. The van der Waals surface area contributed by atoms with E-state index in [9.17, 15) is 18.0 Å². The maximum Gasteiger partial charge on any atom is 0.408 e. The van der Waals surface area contributed by atoms with Gasteiger partial charge in [0.15, 0.2) is 15.7 Å². The van der Waals surface area contributed by atoms with E-state index in [0.717, 1.165) is 6.07 Å². The first-order valence-corrected chi connectivity index (χ1v) is 16.8. The number of sulfone groups is 1. The summed E-state index contributed by atoms with van der Waals surface area (Å²) in [7, 11) is -4.30. The van der Waals surface area contributed by atoms with Crippen LogP contribution < -0.4 is 15.0 Å². The van der Waals surface area contributed by atoms with Gasteiger partial charge in [0.2, 0.25) is 0 Å². The number of halogens is 1. The lowest BCUT2D eigenvalue weighted by Crippen LogP contribution is -2.51. The predicted molar refractivity (Wildman–Crippen MR) is 166 cm³/mol. The molecule has 5 rings (SSSR count). The summed E-state index contributed by atoms with van der Waals surface area (Å²) in [5.74, 6) is -0.868. The number of carbonyl (C=O) groups excluding carboxylic acids is 2. The lowest BCUT2D eigenvalue weighted by Gasteiger charge is -2.27. The standard InChI is InChI=1S/C30H31FN6O6S2/c1-30(2,3)43-29(39)32-24-17-45(40,41)26-15-23(31)22(27-33-34-35-37(27)18-44-4)14-25(26)36(28(24)38)16-19-10-12-21(13-11-19)42-20-8-6-5-7-9-20/h5-15,24H,16-18H2,1-4H3,(H,32,39)/t24-/m0/s1. The summed E-state index contributed by atoms with van der Waals surface area (Å²) < 4.78 is 55.4. The van der Waals surface area contributed by atoms with Gasteiger partial charge in [0.05, 0.1) is 34.3 Å². The molecule has 0 fully saturated rings. The number of nitrogens with one attached hydrogen (secondary N) is 1. The van der Waals surface area contributed by atoms with Crippen molar-refractivity contribution >= 4 is 39.3 Å². The van der Waals surface area contributed by atoms with Crippen molar-refractivity contribution < 1.29 is 31.9 Å². The largest absolute Gasteiger partial charge is 0.457 e. The molecule has 4 aromatic rings. The van der Waals surface area contributed by atoms with Gasteiger partial charge in [0.25, 0.3) is 5.91 Å². The SMILES string of the molecule is CSCn1nnnc1-c1cc2c(cc1F)S(=O)(=O)C[C@H](NC(=O)OC(C)(C)C)C(=O)N2Cc1ccc(Oc2ccccc2)cc1. The summed E-state index contributed by atoms with van der Waals surface area (Å²) in [6.07, 6.45) is 0.854. The number of alkyl carbamates (subject to hydrolysis) is 1. The van der Waals surface area contributed by atoms with Crippen LogP contribution in [0.2, 0.25) is 0 Å². The van der Waals surface area contributed by atoms with Gasteiger partial charge in [-0.15, -0.1) is 16.9 Å². The van der Waals surface area contributed by atoms with Gasteiger partial charge in [-0.3, -0.25) is 4.79 Å². The number of hydrogen-bond donors (Lipinski definition) is 1. The maximum absolute atomic E-state index is 15.6. The number of para-hydroxylation sites is 1. The molecule has 1 N–H and O–H groups in total. The molecule has 3 aromatic carbocycles. The number of amides is 2. The van der Waals surface area contributed by atoms with Gasteiger partial charge in [-0.25, -0.2) is 22.3 Å². The first-order chi connectivity index (χ1) is 21.3. The molecule has 12 nitrogen and oxygen atoms in total. The van der Waals surface area contributed by atoms with Gasteiger partial charge < -0.3 is 19.7 Å². The first kappa shape index (κ1) is 31.9. The highest BCUT2D eigenvalue weighted by Crippen LogP contribution is 2.37. The topological polar surface area (TPSA) is 146 Å². The van der Waals surface area contributed by atoms with E-state index in [0.29, 0.717) is 22.9 Å². The van der Waals surface area contributed by atoms with E-state index < -0.39 is 49.9 Å². The van der Waals surface area contributed by atoms with Gasteiger partial charge in [-0.05, 0) is 79.4 Å². The number of aromatic nitrogens is 4. The minimum Gasteiger partial charge on any atom is -0.457 e. The van der Waals surface area contributed by atoms with Crippen LogP contribution >= 0.6 is 11.8 Å². The summed E-state index contributed by atoms with van der Waals surface area (Å²) in [5.41, 5.74) is -0.454. The molecule has 0 spiro atoms. The third kappa shape index (κ3) is 7.42. The number of thioether (sulfide) groups is 1. The van der Waals surface area contributed by atoms with E-state index in [1.807, 2.05) is 36.6 Å². The van der Waals surface area contributed by atoms with Crippen molar-refractivity contribution in [3.63, 3.8) is 0 Å². The van der Waals surface area contributed by atoms with E-state index in [-0.39, 0.29) is 23.6 Å². The van der Waals surface area contributed by atoms with Crippen molar-refractivity contribution in [2.75, 3.05) is 16.9 Å². The number of rotatable bonds is 8. The lowest BCUT2D eigenvalue weighted by atomic mass is 10.1. The number of ether oxygens (including phenoxy) is 2. The van der Waals surface area contributed by atoms with Crippen LogP contribution in [0, 0.1) is 5.82 Å². The molecule has 1 aliphatic rings. The molecule has 2 heterocycles. The first-order valence-electron chi connectivity index (χ1n) is 13.8. The molecule has 0 saturated heterocycles. The second kappa shape index (κ2) is 12.9. The minimum atomic E-state index is -4.30. The molecular weight excluding hydrogens is 623 g/mol. The number of benzene rings is 3. The molecule has 0 saturated carbocycles. The van der Waals surface area contributed by atoms with Crippen molar-refractivity contribution in [3.05, 3.63) is 78.1 Å². The Kier molecular flexibility index (Phi) is 9.11. The van der Waals surface area contributed by atoms with Crippen LogP contribution in [0.3, 0.4) is 0 Å². The van der Waals surface area contributed by atoms with Gasteiger partial charge in [0.1, 0.15) is 29.0 Å². The molecule has 1 aliphatic heterocycles. The van der Waals surface area contributed by atoms with Crippen LogP contribution in [0.25, 0.3) is 11.4 Å². The van der Waals surface area contributed by atoms with Crippen molar-refractivity contribution in [2.45, 2.75) is 49.7 Å². The molecule has 2 amide bonds. The summed E-state index contributed by atoms with van der Waals surface area (Å²) >= 11 is 1.40. The van der Waals surface area contributed by atoms with E-state index in [1.165, 1.54) is 27.4 Å². The summed E-state index contributed by atoms with van der Waals surface area (Å²) in [5, 5.41) is 13.9. The third-order valence-corrected chi connectivity index (χ3v) is 8.85. The molecule has 0 radical (unpaired) electrons. The average Bonchev–Trinajstić information content (AvgIpc) is 3.41. The Balaban J connectivity index is 1.56. The van der Waals surface area contributed by atoms with Crippen molar-refractivity contribution in [1.82, 2.24) is 25.5 Å². The van der Waals surface area contributed by atoms with Crippen LogP contribution in [-0.2, 0) is 31.8 Å². The van der Waals surface area contributed by atoms with Gasteiger partial charge in [-0.1, -0.05) is 30.3 Å². The van der Waals surface area contributed by atoms with Gasteiger partial charge in [-0.2, -0.15) is 0 Å². The highest BCUT2D eigenvalue weighted by Gasteiger charge is 2.40. The Labute approximate surface area is 263 Å². The average molecular weight is 655 g/mol. The zero-order chi connectivity index (χ0) is 32.4. The Morgan fingerprint density at radius 1 is 1.09 bits per heavy atom. The molecule has 15 heteroatoms. The van der Waals surface area contributed by atoms with E-state index >= 15 is 4.39 Å². The van der Waals surface area contributed by atoms with E-state index in [2.05, 4.69) is 20.8 Å². The molecule has 236 valence electrons. The van der Waals surface area contributed by atoms with Gasteiger partial charge >= 0.3 is 6.09 Å². The Bertz CT molecular complexity index is 1810. The quantitative estimate of drug-likeness (QED) is 0.281.